The monoisotopic (exact) mass is 183 g/mol. The van der Waals surface area contributed by atoms with E-state index in [0.29, 0.717) is 0 Å². The van der Waals surface area contributed by atoms with Gasteiger partial charge in [0.25, 0.3) is 5.97 Å². The zero-order valence-corrected chi connectivity index (χ0v) is 6.97. The van der Waals surface area contributed by atoms with Gasteiger partial charge in [0.15, 0.2) is 0 Å². The molecule has 0 spiro atoms. The van der Waals surface area contributed by atoms with Gasteiger partial charge in [-0.25, -0.2) is 0 Å². The molecule has 0 aromatic rings. The number of aliphatic carboxylic acids is 1. The van der Waals surface area contributed by atoms with Gasteiger partial charge in [0, 0.05) is 28.6 Å². The Labute approximate surface area is 72.8 Å². The summed E-state index contributed by atoms with van der Waals surface area (Å²) in [4.78, 5) is 9.00. The molecule has 6 N–H and O–H groups in total. The Morgan fingerprint density at radius 2 is 1.60 bits per heavy atom. The number of oxime groups is 1. The van der Waals surface area contributed by atoms with Crippen molar-refractivity contribution in [3.63, 3.8) is 0 Å². The smallest absolute Gasteiger partial charge is 0.300 e. The number of carboxylic acids is 1. The van der Waals surface area contributed by atoms with E-state index in [4.69, 9.17) is 15.1 Å². The average Bonchev–Trinajstić information content (AvgIpc) is 1.65. The van der Waals surface area contributed by atoms with Crippen LogP contribution in [-0.4, -0.2) is 22.2 Å². The van der Waals surface area contributed by atoms with E-state index in [2.05, 4.69) is 16.6 Å². The third-order valence-electron chi connectivity index (χ3n) is 0.115. The molecule has 7 heteroatoms. The Balaban J connectivity index is -0.0000000910. The minimum Gasteiger partial charge on any atom is -0.481 e. The van der Waals surface area contributed by atoms with Gasteiger partial charge in [0.2, 0.25) is 5.96 Å². The molecule has 0 unspecified atom stereocenters. The second-order valence-electron chi connectivity index (χ2n) is 1.04. The fraction of sp³-hybridized carbons (Fsp3) is 0.333. The van der Waals surface area contributed by atoms with Crippen LogP contribution in [0, 0.1) is 0 Å². The van der Waals surface area contributed by atoms with Gasteiger partial charge in [0.05, 0.1) is 0 Å². The molecular weight excluding hydrogens is 174 g/mol. The molecule has 0 saturated carbocycles. The van der Waals surface area contributed by atoms with Crippen molar-refractivity contribution >= 4 is 11.9 Å². The first-order valence-electron chi connectivity index (χ1n) is 1.93. The SMILES string of the molecule is CC(=O)O.NC(N)=NO.[Ti]. The van der Waals surface area contributed by atoms with Crippen molar-refractivity contribution in [2.24, 2.45) is 16.6 Å². The van der Waals surface area contributed by atoms with Gasteiger partial charge < -0.3 is 21.8 Å². The third kappa shape index (κ3) is 180. The molecule has 0 atom stereocenters. The molecular formula is C3H9N3O3Ti. The maximum absolute atomic E-state index is 9.00. The summed E-state index contributed by atoms with van der Waals surface area (Å²) < 4.78 is 0. The van der Waals surface area contributed by atoms with Crippen molar-refractivity contribution in [2.75, 3.05) is 0 Å². The molecule has 0 saturated heterocycles. The first kappa shape index (κ1) is 16.1. The van der Waals surface area contributed by atoms with E-state index in [1.54, 1.807) is 0 Å². The fourth-order valence-electron chi connectivity index (χ4n) is 0. The molecule has 0 aromatic heterocycles. The van der Waals surface area contributed by atoms with E-state index in [1.807, 2.05) is 0 Å². The molecule has 58 valence electrons. The summed E-state index contributed by atoms with van der Waals surface area (Å²) >= 11 is 0. The molecule has 0 heterocycles. The Hall–Kier alpha value is -0.746. The molecule has 6 nitrogen and oxygen atoms in total. The Morgan fingerprint density at radius 3 is 1.60 bits per heavy atom. The van der Waals surface area contributed by atoms with Crippen LogP contribution in [0.2, 0.25) is 0 Å². The first-order chi connectivity index (χ1) is 4.00. The van der Waals surface area contributed by atoms with E-state index in [9.17, 15) is 0 Å². The van der Waals surface area contributed by atoms with Crippen LogP contribution in [0.5, 0.6) is 0 Å². The molecule has 0 aromatic carbocycles. The van der Waals surface area contributed by atoms with Crippen LogP contribution in [0.3, 0.4) is 0 Å². The zero-order valence-electron chi connectivity index (χ0n) is 5.40. The number of hydrogen-bond donors (Lipinski definition) is 4. The van der Waals surface area contributed by atoms with Crippen LogP contribution in [0.4, 0.5) is 0 Å². The van der Waals surface area contributed by atoms with Gasteiger partial charge in [-0.2, -0.15) is 0 Å². The number of carboxylic acid groups (broad SMARTS) is 1. The maximum Gasteiger partial charge on any atom is 0.300 e. The van der Waals surface area contributed by atoms with E-state index >= 15 is 0 Å². The Morgan fingerprint density at radius 1 is 1.50 bits per heavy atom. The number of rotatable bonds is 0. The van der Waals surface area contributed by atoms with Crippen LogP contribution in [-0.2, 0) is 26.5 Å². The summed E-state index contributed by atoms with van der Waals surface area (Å²) in [6.45, 7) is 1.08. The van der Waals surface area contributed by atoms with Gasteiger partial charge >= 0.3 is 0 Å². The van der Waals surface area contributed by atoms with E-state index in [0.717, 1.165) is 6.92 Å². The number of nitrogens with two attached hydrogens (primary N) is 2. The minimum absolute atomic E-state index is 0. The van der Waals surface area contributed by atoms with E-state index in [1.165, 1.54) is 0 Å². The first-order valence-corrected chi connectivity index (χ1v) is 1.93. The summed E-state index contributed by atoms with van der Waals surface area (Å²) in [6, 6.07) is 0. The summed E-state index contributed by atoms with van der Waals surface area (Å²) in [5, 5.41) is 17.3. The van der Waals surface area contributed by atoms with Crippen LogP contribution in [0.25, 0.3) is 0 Å². The number of guanidine groups is 1. The molecule has 0 radical (unpaired) electrons. The number of nitrogens with zero attached hydrogens (tertiary/aromatic N) is 1. The fourth-order valence-corrected chi connectivity index (χ4v) is 0. The molecule has 0 aliphatic carbocycles. The van der Waals surface area contributed by atoms with Crippen molar-refractivity contribution < 1.29 is 36.8 Å². The second kappa shape index (κ2) is 11.1. The van der Waals surface area contributed by atoms with Crippen molar-refractivity contribution in [3.05, 3.63) is 0 Å². The van der Waals surface area contributed by atoms with Gasteiger partial charge in [-0.3, -0.25) is 4.79 Å². The zero-order chi connectivity index (χ0) is 7.86. The number of hydrogen-bond acceptors (Lipinski definition) is 3. The number of carbonyl (C=O) groups is 1. The minimum atomic E-state index is -0.833. The molecule has 0 aliphatic rings. The summed E-state index contributed by atoms with van der Waals surface area (Å²) in [6.07, 6.45) is 0. The predicted molar refractivity (Wildman–Crippen MR) is 30.9 cm³/mol. The Kier molecular flexibility index (Phi) is 17.9. The Bertz CT molecular complexity index is 108. The molecule has 0 amide bonds. The van der Waals surface area contributed by atoms with Crippen molar-refractivity contribution in [3.8, 4) is 0 Å². The average molecular weight is 183 g/mol. The third-order valence-corrected chi connectivity index (χ3v) is 0.115. The molecule has 0 bridgehead atoms. The van der Waals surface area contributed by atoms with Crippen molar-refractivity contribution in [2.45, 2.75) is 6.92 Å². The van der Waals surface area contributed by atoms with E-state index < -0.39 is 5.97 Å². The standard InChI is InChI=1S/C2H4O2.CH5N3O.Ti/c1-2(3)4;2-1(3)4-5;/h1H3,(H,3,4);5H,(H4,2,3,4);. The van der Waals surface area contributed by atoms with E-state index in [-0.39, 0.29) is 27.7 Å². The van der Waals surface area contributed by atoms with Crippen LogP contribution in [0.15, 0.2) is 5.16 Å². The largest absolute Gasteiger partial charge is 0.481 e. The summed E-state index contributed by atoms with van der Waals surface area (Å²) in [5.41, 5.74) is 9.14. The van der Waals surface area contributed by atoms with Crippen molar-refractivity contribution in [1.82, 2.24) is 0 Å². The summed E-state index contributed by atoms with van der Waals surface area (Å²) in [7, 11) is 0. The van der Waals surface area contributed by atoms with Gasteiger partial charge in [-0.15, -0.1) is 0 Å². The second-order valence-corrected chi connectivity index (χ2v) is 1.04. The van der Waals surface area contributed by atoms with Crippen LogP contribution in [0.1, 0.15) is 6.92 Å². The topological polar surface area (TPSA) is 122 Å². The van der Waals surface area contributed by atoms with Gasteiger partial charge in [-0.1, -0.05) is 5.16 Å². The summed E-state index contributed by atoms with van der Waals surface area (Å²) in [5.74, 6) is -1.15. The molecule has 10 heavy (non-hydrogen) atoms. The van der Waals surface area contributed by atoms with Crippen LogP contribution < -0.4 is 11.5 Å². The quantitative estimate of drug-likeness (QED) is 0.123. The normalized spacial score (nSPS) is 5.70. The van der Waals surface area contributed by atoms with Crippen LogP contribution >= 0.6 is 0 Å². The van der Waals surface area contributed by atoms with Gasteiger partial charge in [-0.05, 0) is 0 Å². The van der Waals surface area contributed by atoms with Crippen molar-refractivity contribution in [1.29, 1.82) is 0 Å². The molecule has 0 rings (SSSR count). The maximum atomic E-state index is 9.00. The molecule has 0 fully saturated rings. The predicted octanol–water partition coefficient (Wildman–Crippen LogP) is -1.26. The van der Waals surface area contributed by atoms with Gasteiger partial charge in [0.1, 0.15) is 0 Å². The molecule has 0 aliphatic heterocycles.